The molecule has 3 aromatic rings. The highest BCUT2D eigenvalue weighted by Gasteiger charge is 2.32. The van der Waals surface area contributed by atoms with Crippen molar-refractivity contribution >= 4 is 34.9 Å². The van der Waals surface area contributed by atoms with Gasteiger partial charge in [-0.25, -0.2) is 22.2 Å². The number of hydrogen-bond donors (Lipinski definition) is 1. The zero-order valence-corrected chi connectivity index (χ0v) is 16.9. The Hall–Kier alpha value is -2.59. The van der Waals surface area contributed by atoms with E-state index in [4.69, 9.17) is 23.2 Å². The van der Waals surface area contributed by atoms with E-state index in [1.54, 1.807) is 23.0 Å². The first-order valence-electron chi connectivity index (χ1n) is 8.60. The summed E-state index contributed by atoms with van der Waals surface area (Å²) in [4.78, 5) is 12.5. The fourth-order valence-electron chi connectivity index (χ4n) is 2.71. The molecule has 0 fully saturated rings. The van der Waals surface area contributed by atoms with E-state index >= 15 is 0 Å². The van der Waals surface area contributed by atoms with E-state index in [0.717, 1.165) is 5.56 Å². The van der Waals surface area contributed by atoms with Crippen LogP contribution in [0.1, 0.15) is 42.8 Å². The van der Waals surface area contributed by atoms with Crippen molar-refractivity contribution in [3.05, 3.63) is 63.5 Å². The lowest BCUT2D eigenvalue weighted by molar-refractivity contribution is -0.119. The van der Waals surface area contributed by atoms with Crippen LogP contribution in [0.4, 0.5) is 23.4 Å². The van der Waals surface area contributed by atoms with E-state index in [9.17, 15) is 22.4 Å². The molecule has 0 bridgehead atoms. The van der Waals surface area contributed by atoms with E-state index in [1.165, 1.54) is 13.0 Å². The summed E-state index contributed by atoms with van der Waals surface area (Å²) >= 11 is 11.5. The quantitative estimate of drug-likeness (QED) is 0.469. The number of hydrogen-bond acceptors (Lipinski definition) is 3. The number of anilines is 1. The number of alkyl halides is 4. The minimum atomic E-state index is -3.19. The third-order valence-electron chi connectivity index (χ3n) is 4.22. The number of halogens is 6. The summed E-state index contributed by atoms with van der Waals surface area (Å²) in [6.07, 6.45) is -4.74. The minimum absolute atomic E-state index is 0.159. The molecule has 6 nitrogen and oxygen atoms in total. The average molecular weight is 464 g/mol. The van der Waals surface area contributed by atoms with E-state index < -0.39 is 41.2 Å². The molecule has 0 aliphatic heterocycles. The van der Waals surface area contributed by atoms with Crippen molar-refractivity contribution in [2.24, 2.45) is 0 Å². The molecular formula is C18H15Cl2F4N5O. The van der Waals surface area contributed by atoms with Crippen molar-refractivity contribution in [1.82, 2.24) is 19.6 Å². The van der Waals surface area contributed by atoms with Crippen LogP contribution >= 0.6 is 23.2 Å². The predicted octanol–water partition coefficient (Wildman–Crippen LogP) is 5.51. The second-order valence-corrected chi connectivity index (χ2v) is 7.14. The molecule has 1 amide bonds. The molecule has 1 aromatic carbocycles. The molecule has 1 atom stereocenters. The van der Waals surface area contributed by atoms with Crippen LogP contribution < -0.4 is 5.32 Å². The molecule has 2 aromatic heterocycles. The highest BCUT2D eigenvalue weighted by atomic mass is 35.5. The van der Waals surface area contributed by atoms with Crippen molar-refractivity contribution < 1.29 is 22.4 Å². The first-order chi connectivity index (χ1) is 14.2. The lowest BCUT2D eigenvalue weighted by atomic mass is 10.2. The molecule has 0 aliphatic rings. The van der Waals surface area contributed by atoms with E-state index in [0.29, 0.717) is 16.2 Å². The molecule has 2 heterocycles. The van der Waals surface area contributed by atoms with Crippen LogP contribution in [0.5, 0.6) is 0 Å². The first-order valence-corrected chi connectivity index (χ1v) is 9.35. The molecule has 160 valence electrons. The van der Waals surface area contributed by atoms with Crippen molar-refractivity contribution in [2.75, 3.05) is 5.32 Å². The van der Waals surface area contributed by atoms with Crippen LogP contribution in [-0.2, 0) is 11.3 Å². The third kappa shape index (κ3) is 4.76. The summed E-state index contributed by atoms with van der Waals surface area (Å²) in [7, 11) is 0. The summed E-state index contributed by atoms with van der Waals surface area (Å²) in [5, 5.41) is 9.79. The molecule has 0 saturated heterocycles. The van der Waals surface area contributed by atoms with Gasteiger partial charge in [0.1, 0.15) is 17.4 Å². The Balaban J connectivity index is 1.74. The second-order valence-electron chi connectivity index (χ2n) is 6.32. The smallest absolute Gasteiger partial charge is 0.283 e. The maximum Gasteiger partial charge on any atom is 0.283 e. The van der Waals surface area contributed by atoms with Gasteiger partial charge in [0.2, 0.25) is 5.91 Å². The average Bonchev–Trinajstić information content (AvgIpc) is 3.26. The van der Waals surface area contributed by atoms with Crippen LogP contribution in [-0.4, -0.2) is 25.5 Å². The number of rotatable bonds is 7. The van der Waals surface area contributed by atoms with Gasteiger partial charge in [-0.05, 0) is 24.6 Å². The molecule has 30 heavy (non-hydrogen) atoms. The van der Waals surface area contributed by atoms with Crippen molar-refractivity contribution in [3.8, 4) is 0 Å². The maximum atomic E-state index is 13.3. The van der Waals surface area contributed by atoms with Crippen LogP contribution in [0.15, 0.2) is 36.5 Å². The minimum Gasteiger partial charge on any atom is -0.307 e. The van der Waals surface area contributed by atoms with Crippen LogP contribution in [0.25, 0.3) is 0 Å². The zero-order chi connectivity index (χ0) is 22.0. The molecule has 0 aliphatic carbocycles. The largest absolute Gasteiger partial charge is 0.307 e. The Kier molecular flexibility index (Phi) is 6.67. The van der Waals surface area contributed by atoms with Gasteiger partial charge in [-0.2, -0.15) is 10.2 Å². The number of nitrogens with zero attached hydrogens (tertiary/aromatic N) is 4. The molecule has 3 rings (SSSR count). The van der Waals surface area contributed by atoms with Crippen LogP contribution in [0, 0.1) is 0 Å². The standard InChI is InChI=1S/C18H15Cl2F4N5O/c1-9(29-15(17(23)24)13(20)14(27-29)16(21)22)18(30)25-12-6-7-28(26-12)8-10-2-4-11(19)5-3-10/h2-7,9,16-17H,8H2,1H3,(H,25,26,30). The van der Waals surface area contributed by atoms with Gasteiger partial charge in [-0.1, -0.05) is 35.3 Å². The molecular weight excluding hydrogens is 449 g/mol. The number of aromatic nitrogens is 4. The monoisotopic (exact) mass is 463 g/mol. The SMILES string of the molecule is CC(C(=O)Nc1ccn(Cc2ccc(Cl)cc2)n1)n1nc(C(F)F)c(Cl)c1C(F)F. The van der Waals surface area contributed by atoms with E-state index in [2.05, 4.69) is 15.5 Å². The lowest BCUT2D eigenvalue weighted by Gasteiger charge is -2.14. The van der Waals surface area contributed by atoms with Gasteiger partial charge in [-0.15, -0.1) is 0 Å². The van der Waals surface area contributed by atoms with Gasteiger partial charge >= 0.3 is 0 Å². The van der Waals surface area contributed by atoms with Gasteiger partial charge in [0.05, 0.1) is 11.6 Å². The molecule has 12 heteroatoms. The molecule has 0 radical (unpaired) electrons. The Bertz CT molecular complexity index is 1040. The highest BCUT2D eigenvalue weighted by Crippen LogP contribution is 2.36. The first kappa shape index (κ1) is 22.1. The van der Waals surface area contributed by atoms with Crippen molar-refractivity contribution in [1.29, 1.82) is 0 Å². The summed E-state index contributed by atoms with van der Waals surface area (Å²) in [6, 6.07) is 7.27. The van der Waals surface area contributed by atoms with Gasteiger partial charge in [-0.3, -0.25) is 9.48 Å². The van der Waals surface area contributed by atoms with Crippen LogP contribution in [0.2, 0.25) is 10.0 Å². The number of amides is 1. The van der Waals surface area contributed by atoms with Crippen molar-refractivity contribution in [2.45, 2.75) is 32.4 Å². The van der Waals surface area contributed by atoms with Crippen molar-refractivity contribution in [3.63, 3.8) is 0 Å². The van der Waals surface area contributed by atoms with Crippen LogP contribution in [0.3, 0.4) is 0 Å². The third-order valence-corrected chi connectivity index (χ3v) is 4.86. The Morgan fingerprint density at radius 3 is 2.33 bits per heavy atom. The molecule has 1 N–H and O–H groups in total. The van der Waals surface area contributed by atoms with E-state index in [1.807, 2.05) is 12.1 Å². The number of nitrogens with one attached hydrogen (secondary N) is 1. The summed E-state index contributed by atoms with van der Waals surface area (Å²) < 4.78 is 54.6. The number of benzene rings is 1. The zero-order valence-electron chi connectivity index (χ0n) is 15.4. The predicted molar refractivity (Wildman–Crippen MR) is 103 cm³/mol. The van der Waals surface area contributed by atoms with Gasteiger partial charge in [0.25, 0.3) is 12.9 Å². The maximum absolute atomic E-state index is 13.3. The second kappa shape index (κ2) is 9.05. The summed E-state index contributed by atoms with van der Waals surface area (Å²) in [6.45, 7) is 1.65. The van der Waals surface area contributed by atoms with E-state index in [-0.39, 0.29) is 5.82 Å². The fraction of sp³-hybridized carbons (Fsp3) is 0.278. The summed E-state index contributed by atoms with van der Waals surface area (Å²) in [5.41, 5.74) is -1.03. The highest BCUT2D eigenvalue weighted by molar-refractivity contribution is 6.32. The number of carbonyl (C=O) groups excluding carboxylic acids is 1. The molecule has 0 saturated carbocycles. The normalized spacial score (nSPS) is 12.6. The van der Waals surface area contributed by atoms with Gasteiger partial charge in [0.15, 0.2) is 5.82 Å². The molecule has 0 spiro atoms. The Labute approximate surface area is 178 Å². The van der Waals surface area contributed by atoms with Gasteiger partial charge in [0, 0.05) is 17.3 Å². The summed E-state index contributed by atoms with van der Waals surface area (Å²) in [5.74, 6) is -0.611. The Morgan fingerprint density at radius 2 is 1.73 bits per heavy atom. The number of carbonyl (C=O) groups is 1. The van der Waals surface area contributed by atoms with Gasteiger partial charge < -0.3 is 5.32 Å². The fourth-order valence-corrected chi connectivity index (χ4v) is 3.13. The lowest BCUT2D eigenvalue weighted by Crippen LogP contribution is -2.26. The molecule has 1 unspecified atom stereocenters. The Morgan fingerprint density at radius 1 is 1.07 bits per heavy atom. The topological polar surface area (TPSA) is 64.7 Å².